The summed E-state index contributed by atoms with van der Waals surface area (Å²) in [6.45, 7) is 9.46. The Bertz CT molecular complexity index is 637. The zero-order valence-corrected chi connectivity index (χ0v) is 14.8. The molecular formula is C18H25NO5. The molecule has 6 nitrogen and oxygen atoms in total. The number of ether oxygens (including phenoxy) is 3. The molecule has 0 aliphatic carbocycles. The highest BCUT2D eigenvalue weighted by atomic mass is 16.6. The molecule has 0 radical (unpaired) electrons. The van der Waals surface area contributed by atoms with Gasteiger partial charge in [-0.2, -0.15) is 0 Å². The highest BCUT2D eigenvalue weighted by molar-refractivity contribution is 5.70. The molecular weight excluding hydrogens is 310 g/mol. The molecule has 1 saturated heterocycles. The van der Waals surface area contributed by atoms with Crippen LogP contribution >= 0.6 is 0 Å². The van der Waals surface area contributed by atoms with Crippen molar-refractivity contribution in [2.75, 3.05) is 6.61 Å². The molecule has 0 aromatic heterocycles. The van der Waals surface area contributed by atoms with Gasteiger partial charge in [-0.25, -0.2) is 4.79 Å². The SMILES string of the molecule is CC(C)(C)OC(=O)N1[C@@H]([C@H]2OC(O)c3ccccc32)COC1(C)C. The molecule has 0 bridgehead atoms. The van der Waals surface area contributed by atoms with Crippen molar-refractivity contribution >= 4 is 6.09 Å². The van der Waals surface area contributed by atoms with E-state index in [4.69, 9.17) is 14.2 Å². The summed E-state index contributed by atoms with van der Waals surface area (Å²) in [6.07, 6.45) is -1.89. The fraction of sp³-hybridized carbons (Fsp3) is 0.611. The predicted octanol–water partition coefficient (Wildman–Crippen LogP) is 3.12. The minimum absolute atomic E-state index is 0.317. The average molecular weight is 335 g/mol. The summed E-state index contributed by atoms with van der Waals surface area (Å²) in [6, 6.07) is 7.13. The topological polar surface area (TPSA) is 68.2 Å². The van der Waals surface area contributed by atoms with Crippen molar-refractivity contribution in [2.24, 2.45) is 0 Å². The fourth-order valence-electron chi connectivity index (χ4n) is 3.30. The summed E-state index contributed by atoms with van der Waals surface area (Å²) >= 11 is 0. The molecule has 1 amide bonds. The highest BCUT2D eigenvalue weighted by Gasteiger charge is 2.51. The zero-order valence-electron chi connectivity index (χ0n) is 14.8. The molecule has 3 rings (SSSR count). The average Bonchev–Trinajstić information content (AvgIpc) is 2.95. The first-order chi connectivity index (χ1) is 11.1. The Kier molecular flexibility index (Phi) is 4.10. The maximum atomic E-state index is 12.7. The van der Waals surface area contributed by atoms with Gasteiger partial charge in [0.25, 0.3) is 0 Å². The number of aliphatic hydroxyl groups is 1. The Hall–Kier alpha value is -1.63. The van der Waals surface area contributed by atoms with Crippen LogP contribution in [0.15, 0.2) is 24.3 Å². The largest absolute Gasteiger partial charge is 0.444 e. The monoisotopic (exact) mass is 335 g/mol. The predicted molar refractivity (Wildman–Crippen MR) is 87.1 cm³/mol. The third-order valence-corrected chi connectivity index (χ3v) is 4.30. The third kappa shape index (κ3) is 3.01. The summed E-state index contributed by atoms with van der Waals surface area (Å²) in [7, 11) is 0. The van der Waals surface area contributed by atoms with E-state index in [9.17, 15) is 9.90 Å². The van der Waals surface area contributed by atoms with Crippen molar-refractivity contribution in [1.29, 1.82) is 0 Å². The quantitative estimate of drug-likeness (QED) is 0.854. The smallest absolute Gasteiger partial charge is 0.413 e. The van der Waals surface area contributed by atoms with Crippen LogP contribution in [0.25, 0.3) is 0 Å². The van der Waals surface area contributed by atoms with E-state index in [1.807, 2.05) is 58.9 Å². The lowest BCUT2D eigenvalue weighted by Gasteiger charge is -2.36. The molecule has 1 aromatic rings. The lowest BCUT2D eigenvalue weighted by Crippen LogP contribution is -2.51. The van der Waals surface area contributed by atoms with Crippen molar-refractivity contribution in [3.05, 3.63) is 35.4 Å². The minimum Gasteiger partial charge on any atom is -0.444 e. The van der Waals surface area contributed by atoms with Crippen molar-refractivity contribution in [1.82, 2.24) is 4.90 Å². The van der Waals surface area contributed by atoms with E-state index in [1.165, 1.54) is 0 Å². The third-order valence-electron chi connectivity index (χ3n) is 4.30. The first-order valence-corrected chi connectivity index (χ1v) is 8.19. The number of hydrogen-bond acceptors (Lipinski definition) is 5. The van der Waals surface area contributed by atoms with Gasteiger partial charge in [0, 0.05) is 5.56 Å². The molecule has 2 aliphatic rings. The maximum Gasteiger partial charge on any atom is 0.413 e. The number of aliphatic hydroxyl groups excluding tert-OH is 1. The second-order valence-corrected chi connectivity index (χ2v) is 7.71. The Morgan fingerprint density at radius 1 is 1.29 bits per heavy atom. The number of hydrogen-bond donors (Lipinski definition) is 1. The Labute approximate surface area is 142 Å². The van der Waals surface area contributed by atoms with Gasteiger partial charge in [0.1, 0.15) is 17.4 Å². The van der Waals surface area contributed by atoms with Crippen LogP contribution in [0.2, 0.25) is 0 Å². The molecule has 1 fully saturated rings. The molecule has 2 heterocycles. The maximum absolute atomic E-state index is 12.7. The molecule has 0 saturated carbocycles. The fourth-order valence-corrected chi connectivity index (χ4v) is 3.30. The van der Waals surface area contributed by atoms with E-state index in [0.29, 0.717) is 6.61 Å². The second kappa shape index (κ2) is 5.72. The van der Waals surface area contributed by atoms with Gasteiger partial charge in [-0.05, 0) is 40.2 Å². The van der Waals surface area contributed by atoms with Crippen molar-refractivity contribution in [3.8, 4) is 0 Å². The number of nitrogens with zero attached hydrogens (tertiary/aromatic N) is 1. The van der Waals surface area contributed by atoms with Gasteiger partial charge in [0.15, 0.2) is 6.29 Å². The van der Waals surface area contributed by atoms with Crippen LogP contribution < -0.4 is 0 Å². The molecule has 1 unspecified atom stereocenters. The summed E-state index contributed by atoms with van der Waals surface area (Å²) in [5.41, 5.74) is 0.203. The number of carbonyl (C=O) groups excluding carboxylic acids is 1. The first-order valence-electron chi connectivity index (χ1n) is 8.19. The van der Waals surface area contributed by atoms with Crippen LogP contribution in [-0.4, -0.2) is 40.1 Å². The van der Waals surface area contributed by atoms with Gasteiger partial charge in [-0.15, -0.1) is 0 Å². The van der Waals surface area contributed by atoms with Gasteiger partial charge >= 0.3 is 6.09 Å². The number of carbonyl (C=O) groups is 1. The van der Waals surface area contributed by atoms with Crippen LogP contribution in [0.5, 0.6) is 0 Å². The van der Waals surface area contributed by atoms with Crippen LogP contribution in [0.4, 0.5) is 4.79 Å². The standard InChI is InChI=1S/C18H25NO5/c1-17(2,3)24-16(21)19-13(10-22-18(19,4)5)14-11-8-6-7-9-12(11)15(20)23-14/h6-9,13-15,20H,10H2,1-5H3/t13-,14+,15?/m1/s1. The van der Waals surface area contributed by atoms with E-state index in [-0.39, 0.29) is 6.04 Å². The van der Waals surface area contributed by atoms with Gasteiger partial charge in [-0.3, -0.25) is 4.90 Å². The van der Waals surface area contributed by atoms with E-state index >= 15 is 0 Å². The Morgan fingerprint density at radius 2 is 1.92 bits per heavy atom. The van der Waals surface area contributed by atoms with Crippen LogP contribution in [-0.2, 0) is 14.2 Å². The molecule has 1 N–H and O–H groups in total. The minimum atomic E-state index is -0.990. The second-order valence-electron chi connectivity index (χ2n) is 7.71. The highest BCUT2D eigenvalue weighted by Crippen LogP contribution is 2.44. The van der Waals surface area contributed by atoms with E-state index in [0.717, 1.165) is 11.1 Å². The van der Waals surface area contributed by atoms with Crippen molar-refractivity contribution in [2.45, 2.75) is 64.4 Å². The summed E-state index contributed by atoms with van der Waals surface area (Å²) < 4.78 is 17.1. The Balaban J connectivity index is 1.91. The summed E-state index contributed by atoms with van der Waals surface area (Å²) in [4.78, 5) is 14.3. The number of benzene rings is 1. The van der Waals surface area contributed by atoms with Gasteiger partial charge in [-0.1, -0.05) is 24.3 Å². The number of rotatable bonds is 1. The lowest BCUT2D eigenvalue weighted by molar-refractivity contribution is -0.140. The van der Waals surface area contributed by atoms with Gasteiger partial charge in [0.2, 0.25) is 0 Å². The molecule has 6 heteroatoms. The Morgan fingerprint density at radius 3 is 2.54 bits per heavy atom. The van der Waals surface area contributed by atoms with Crippen LogP contribution in [0.1, 0.15) is 58.1 Å². The van der Waals surface area contributed by atoms with E-state index in [1.54, 1.807) is 4.90 Å². The first kappa shape index (κ1) is 17.2. The van der Waals surface area contributed by atoms with Crippen molar-refractivity contribution < 1.29 is 24.1 Å². The van der Waals surface area contributed by atoms with Crippen LogP contribution in [0, 0.1) is 0 Å². The van der Waals surface area contributed by atoms with Gasteiger partial charge < -0.3 is 19.3 Å². The van der Waals surface area contributed by atoms with Crippen molar-refractivity contribution in [3.63, 3.8) is 0 Å². The molecule has 3 atom stereocenters. The molecule has 1 aromatic carbocycles. The van der Waals surface area contributed by atoms with Crippen LogP contribution in [0.3, 0.4) is 0 Å². The zero-order chi connectivity index (χ0) is 17.7. The van der Waals surface area contributed by atoms with Gasteiger partial charge in [0.05, 0.1) is 12.6 Å². The summed E-state index contributed by atoms with van der Waals surface area (Å²) in [5.74, 6) is 0. The number of amides is 1. The van der Waals surface area contributed by atoms with E-state index in [2.05, 4.69) is 0 Å². The normalized spacial score (nSPS) is 28.8. The lowest BCUT2D eigenvalue weighted by atomic mass is 9.99. The molecule has 0 spiro atoms. The molecule has 2 aliphatic heterocycles. The molecule has 132 valence electrons. The molecule has 24 heavy (non-hydrogen) atoms. The number of fused-ring (bicyclic) bond motifs is 1. The van der Waals surface area contributed by atoms with E-state index < -0.39 is 29.8 Å². The summed E-state index contributed by atoms with van der Waals surface area (Å²) in [5, 5.41) is 10.2.